The molecule has 1 unspecified atom stereocenters. The molecule has 1 nitrogen and oxygen atoms in total. The molecule has 0 bridgehead atoms. The van der Waals surface area contributed by atoms with Gasteiger partial charge in [-0.3, -0.25) is 0 Å². The van der Waals surface area contributed by atoms with E-state index in [0.29, 0.717) is 11.8 Å². The van der Waals surface area contributed by atoms with Crippen molar-refractivity contribution in [1.29, 1.82) is 0 Å². The second-order valence-corrected chi connectivity index (χ2v) is 3.40. The van der Waals surface area contributed by atoms with E-state index in [2.05, 4.69) is 26.0 Å². The summed E-state index contributed by atoms with van der Waals surface area (Å²) in [6, 6.07) is 0. The summed E-state index contributed by atoms with van der Waals surface area (Å²) in [4.78, 5) is 0. The van der Waals surface area contributed by atoms with E-state index in [0.717, 1.165) is 12.8 Å². The van der Waals surface area contributed by atoms with Gasteiger partial charge in [0.15, 0.2) is 0 Å². The number of allylic oxidation sites excluding steroid dienone is 1. The highest BCUT2D eigenvalue weighted by Crippen LogP contribution is 2.24. The van der Waals surface area contributed by atoms with Crippen molar-refractivity contribution in [3.8, 4) is 0 Å². The zero-order chi connectivity index (χ0) is 7.56. The quantitative estimate of drug-likeness (QED) is 0.581. The summed E-state index contributed by atoms with van der Waals surface area (Å²) in [6.45, 7) is 4.13. The van der Waals surface area contributed by atoms with Crippen LogP contribution in [-0.4, -0.2) is 11.2 Å². The Bertz CT molecular complexity index is 127. The minimum atomic E-state index is -0.126. The fourth-order valence-corrected chi connectivity index (χ4v) is 1.43. The molecule has 0 amide bonds. The van der Waals surface area contributed by atoms with Crippen LogP contribution in [0.15, 0.2) is 12.2 Å². The molecule has 0 saturated carbocycles. The fraction of sp³-hybridized carbons (Fsp3) is 0.778. The van der Waals surface area contributed by atoms with Crippen LogP contribution < -0.4 is 0 Å². The Labute approximate surface area is 62.8 Å². The van der Waals surface area contributed by atoms with E-state index in [1.807, 2.05) is 0 Å². The first-order valence-corrected chi connectivity index (χ1v) is 4.06. The molecule has 1 heteroatoms. The lowest BCUT2D eigenvalue weighted by Gasteiger charge is -2.19. The van der Waals surface area contributed by atoms with Crippen molar-refractivity contribution >= 4 is 0 Å². The molecule has 1 rings (SSSR count). The van der Waals surface area contributed by atoms with Gasteiger partial charge in [-0.2, -0.15) is 0 Å². The second-order valence-electron chi connectivity index (χ2n) is 3.40. The fourth-order valence-electron chi connectivity index (χ4n) is 1.43. The van der Waals surface area contributed by atoms with Crippen molar-refractivity contribution in [2.45, 2.75) is 32.8 Å². The van der Waals surface area contributed by atoms with Crippen LogP contribution in [0.1, 0.15) is 26.7 Å². The van der Waals surface area contributed by atoms with Crippen molar-refractivity contribution in [3.05, 3.63) is 12.2 Å². The summed E-state index contributed by atoms with van der Waals surface area (Å²) in [6.07, 6.45) is 6.47. The van der Waals surface area contributed by atoms with Gasteiger partial charge < -0.3 is 5.11 Å². The van der Waals surface area contributed by atoms with E-state index >= 15 is 0 Å². The van der Waals surface area contributed by atoms with Crippen LogP contribution in [0, 0.1) is 11.8 Å². The molecule has 1 N–H and O–H groups in total. The third kappa shape index (κ3) is 1.60. The zero-order valence-corrected chi connectivity index (χ0v) is 6.75. The van der Waals surface area contributed by atoms with Crippen molar-refractivity contribution < 1.29 is 5.11 Å². The Morgan fingerprint density at radius 3 is 2.60 bits per heavy atom. The van der Waals surface area contributed by atoms with E-state index in [9.17, 15) is 5.11 Å². The van der Waals surface area contributed by atoms with Crippen LogP contribution in [0.3, 0.4) is 0 Å². The van der Waals surface area contributed by atoms with E-state index in [4.69, 9.17) is 0 Å². The van der Waals surface area contributed by atoms with Crippen LogP contribution in [0.4, 0.5) is 0 Å². The minimum Gasteiger partial charge on any atom is -0.392 e. The first-order valence-electron chi connectivity index (χ1n) is 4.06. The van der Waals surface area contributed by atoms with E-state index in [-0.39, 0.29) is 6.10 Å². The van der Waals surface area contributed by atoms with Crippen molar-refractivity contribution in [3.63, 3.8) is 0 Å². The minimum absolute atomic E-state index is 0.126. The molecule has 0 radical (unpaired) electrons. The number of aliphatic hydroxyl groups is 1. The van der Waals surface area contributed by atoms with Gasteiger partial charge in [-0.05, 0) is 18.8 Å². The molecule has 0 aliphatic heterocycles. The molecule has 0 aromatic heterocycles. The largest absolute Gasteiger partial charge is 0.392 e. The predicted octanol–water partition coefficient (Wildman–Crippen LogP) is 1.97. The lowest BCUT2D eigenvalue weighted by Crippen LogP contribution is -2.22. The van der Waals surface area contributed by atoms with Gasteiger partial charge in [-0.25, -0.2) is 0 Å². The summed E-state index contributed by atoms with van der Waals surface area (Å²) < 4.78 is 0. The number of hydrogen-bond donors (Lipinski definition) is 1. The van der Waals surface area contributed by atoms with E-state index < -0.39 is 0 Å². The number of aliphatic hydroxyl groups excluding tert-OH is 1. The van der Waals surface area contributed by atoms with Crippen LogP contribution >= 0.6 is 0 Å². The summed E-state index contributed by atoms with van der Waals surface area (Å²) >= 11 is 0. The molecular weight excluding hydrogens is 124 g/mol. The van der Waals surface area contributed by atoms with Gasteiger partial charge in [-0.15, -0.1) is 0 Å². The van der Waals surface area contributed by atoms with Crippen LogP contribution in [0.5, 0.6) is 0 Å². The van der Waals surface area contributed by atoms with Gasteiger partial charge in [0.1, 0.15) is 0 Å². The maximum absolute atomic E-state index is 9.57. The summed E-state index contributed by atoms with van der Waals surface area (Å²) in [5, 5.41) is 9.57. The molecule has 58 valence electrons. The smallest absolute Gasteiger partial charge is 0.0625 e. The topological polar surface area (TPSA) is 20.2 Å². The molecule has 0 fully saturated rings. The molecule has 1 aliphatic rings. The predicted molar refractivity (Wildman–Crippen MR) is 42.7 cm³/mol. The molecule has 0 spiro atoms. The van der Waals surface area contributed by atoms with Crippen LogP contribution in [0.25, 0.3) is 0 Å². The first kappa shape index (κ1) is 7.80. The first-order chi connectivity index (χ1) is 4.72. The number of rotatable bonds is 2. The third-order valence-electron chi connectivity index (χ3n) is 2.17. The Morgan fingerprint density at radius 1 is 1.50 bits per heavy atom. The highest BCUT2D eigenvalue weighted by atomic mass is 16.3. The lowest BCUT2D eigenvalue weighted by atomic mass is 9.93. The lowest BCUT2D eigenvalue weighted by molar-refractivity contribution is 0.0840. The van der Waals surface area contributed by atoms with Gasteiger partial charge in [0.05, 0.1) is 6.10 Å². The zero-order valence-electron chi connectivity index (χ0n) is 6.75. The molecule has 0 saturated heterocycles. The average Bonchev–Trinajstić information content (AvgIpc) is 2.36. The van der Waals surface area contributed by atoms with Crippen molar-refractivity contribution in [1.82, 2.24) is 0 Å². The van der Waals surface area contributed by atoms with E-state index in [1.165, 1.54) is 0 Å². The van der Waals surface area contributed by atoms with Crippen LogP contribution in [0.2, 0.25) is 0 Å². The summed E-state index contributed by atoms with van der Waals surface area (Å²) in [5.74, 6) is 0.827. The second kappa shape index (κ2) is 3.20. The Balaban J connectivity index is 2.40. The number of hydrogen-bond acceptors (Lipinski definition) is 1. The third-order valence-corrected chi connectivity index (χ3v) is 2.17. The summed E-state index contributed by atoms with van der Waals surface area (Å²) in [5.41, 5.74) is 0. The molecule has 2 atom stereocenters. The highest BCUT2D eigenvalue weighted by molar-refractivity contribution is 4.99. The van der Waals surface area contributed by atoms with E-state index in [1.54, 1.807) is 0 Å². The standard InChI is InChI=1S/C9H16O/c1-7(2)9(10)8-5-3-4-6-8/h3,5,7-10H,4,6H2,1-2H3/t8?,9-/m0/s1. The Hall–Kier alpha value is -0.300. The maximum atomic E-state index is 9.57. The monoisotopic (exact) mass is 140 g/mol. The molecule has 1 aliphatic carbocycles. The molecule has 10 heavy (non-hydrogen) atoms. The van der Waals surface area contributed by atoms with Crippen LogP contribution in [-0.2, 0) is 0 Å². The average molecular weight is 140 g/mol. The Kier molecular flexibility index (Phi) is 2.50. The van der Waals surface area contributed by atoms with Crippen molar-refractivity contribution in [2.24, 2.45) is 11.8 Å². The van der Waals surface area contributed by atoms with Gasteiger partial charge in [0.25, 0.3) is 0 Å². The normalized spacial score (nSPS) is 27.8. The maximum Gasteiger partial charge on any atom is 0.0625 e. The molecule has 0 aromatic carbocycles. The molecular formula is C9H16O. The molecule has 0 aromatic rings. The Morgan fingerprint density at radius 2 is 2.20 bits per heavy atom. The highest BCUT2D eigenvalue weighted by Gasteiger charge is 2.21. The van der Waals surface area contributed by atoms with Gasteiger partial charge in [0, 0.05) is 5.92 Å². The molecule has 0 heterocycles. The van der Waals surface area contributed by atoms with Gasteiger partial charge >= 0.3 is 0 Å². The van der Waals surface area contributed by atoms with Gasteiger partial charge in [0.2, 0.25) is 0 Å². The SMILES string of the molecule is CC(C)[C@H](O)C1C=CCC1. The van der Waals surface area contributed by atoms with Gasteiger partial charge in [-0.1, -0.05) is 26.0 Å². The summed E-state index contributed by atoms with van der Waals surface area (Å²) in [7, 11) is 0. The van der Waals surface area contributed by atoms with Crippen molar-refractivity contribution in [2.75, 3.05) is 0 Å².